The fraction of sp³-hybridized carbons (Fsp3) is 0.333. The van der Waals surface area contributed by atoms with E-state index < -0.39 is 0 Å². The largest absolute Gasteiger partial charge is 0.496 e. The van der Waals surface area contributed by atoms with E-state index in [1.807, 2.05) is 30.3 Å². The fourth-order valence-electron chi connectivity index (χ4n) is 2.41. The Morgan fingerprint density at radius 2 is 1.57 bits per heavy atom. The first kappa shape index (κ1) is 17.9. The molecule has 0 spiro atoms. The third kappa shape index (κ3) is 4.75. The van der Waals surface area contributed by atoms with Crippen LogP contribution >= 0.6 is 22.6 Å². The van der Waals surface area contributed by atoms with Crippen LogP contribution in [0.25, 0.3) is 0 Å². The zero-order valence-electron chi connectivity index (χ0n) is 13.7. The summed E-state index contributed by atoms with van der Waals surface area (Å²) in [7, 11) is 5.08. The Morgan fingerprint density at radius 1 is 0.870 bits per heavy atom. The van der Waals surface area contributed by atoms with E-state index in [-0.39, 0.29) is 0 Å². The molecule has 2 aromatic rings. The van der Waals surface area contributed by atoms with Gasteiger partial charge in [0, 0.05) is 12.1 Å². The van der Waals surface area contributed by atoms with Gasteiger partial charge in [0.25, 0.3) is 0 Å². The Labute approximate surface area is 151 Å². The van der Waals surface area contributed by atoms with Gasteiger partial charge in [-0.2, -0.15) is 0 Å². The van der Waals surface area contributed by atoms with Crippen LogP contribution in [0.1, 0.15) is 11.1 Å². The molecular weight excluding hydrogens is 404 g/mol. The summed E-state index contributed by atoms with van der Waals surface area (Å²) in [4.78, 5) is 0. The highest BCUT2D eigenvalue weighted by Crippen LogP contribution is 2.30. The van der Waals surface area contributed by atoms with Crippen molar-refractivity contribution in [3.05, 3.63) is 51.1 Å². The van der Waals surface area contributed by atoms with Crippen molar-refractivity contribution in [3.8, 4) is 17.2 Å². The monoisotopic (exact) mass is 426 g/mol. The molecule has 0 bridgehead atoms. The van der Waals surface area contributed by atoms with Crippen LogP contribution < -0.4 is 19.5 Å². The average Bonchev–Trinajstić information content (AvgIpc) is 2.59. The van der Waals surface area contributed by atoms with E-state index in [0.717, 1.165) is 51.5 Å². The molecule has 124 valence electrons. The van der Waals surface area contributed by atoms with Gasteiger partial charge in [0.2, 0.25) is 0 Å². The van der Waals surface area contributed by atoms with E-state index in [2.05, 4.69) is 34.0 Å². The number of methoxy groups -OCH3 is 3. The normalized spacial score (nSPS) is 10.4. The first-order valence-electron chi connectivity index (χ1n) is 7.42. The van der Waals surface area contributed by atoms with E-state index in [1.54, 1.807) is 21.3 Å². The minimum absolute atomic E-state index is 0.772. The molecule has 4 nitrogen and oxygen atoms in total. The number of halogens is 1. The fourth-order valence-corrected chi connectivity index (χ4v) is 3.07. The Balaban J connectivity index is 1.96. The van der Waals surface area contributed by atoms with Crippen LogP contribution in [0, 0.1) is 3.57 Å². The molecule has 5 heteroatoms. The molecule has 0 aliphatic heterocycles. The van der Waals surface area contributed by atoms with Gasteiger partial charge >= 0.3 is 0 Å². The lowest BCUT2D eigenvalue weighted by Crippen LogP contribution is -2.17. The molecule has 0 heterocycles. The zero-order chi connectivity index (χ0) is 16.7. The van der Waals surface area contributed by atoms with Gasteiger partial charge in [-0.25, -0.2) is 0 Å². The molecule has 0 radical (unpaired) electrons. The molecule has 0 aromatic heterocycles. The number of rotatable bonds is 8. The van der Waals surface area contributed by atoms with E-state index in [4.69, 9.17) is 14.2 Å². The SMILES string of the molecule is COc1cc(CCNCc2ccccc2O[11CH3])c(OC)cc1I. The Hall–Kier alpha value is -1.47. The number of benzene rings is 2. The summed E-state index contributed by atoms with van der Waals surface area (Å²) in [5, 5.41) is 3.45. The van der Waals surface area contributed by atoms with Gasteiger partial charge in [-0.3, -0.25) is 0 Å². The Kier molecular flexibility index (Phi) is 6.98. The maximum atomic E-state index is 5.47. The van der Waals surface area contributed by atoms with Crippen molar-refractivity contribution in [3.63, 3.8) is 0 Å². The maximum absolute atomic E-state index is 5.47. The van der Waals surface area contributed by atoms with Crippen molar-refractivity contribution in [2.75, 3.05) is 27.9 Å². The predicted octanol–water partition coefficient (Wildman–Crippen LogP) is 3.65. The minimum Gasteiger partial charge on any atom is -0.496 e. The maximum Gasteiger partial charge on any atom is 0.132 e. The second-order valence-electron chi connectivity index (χ2n) is 5.04. The van der Waals surface area contributed by atoms with Crippen LogP contribution in [0.2, 0.25) is 0 Å². The number of ether oxygens (including phenoxy) is 3. The molecule has 0 amide bonds. The number of hydrogen-bond acceptors (Lipinski definition) is 4. The summed E-state index contributed by atoms with van der Waals surface area (Å²) in [5.41, 5.74) is 2.29. The van der Waals surface area contributed by atoms with Crippen LogP contribution in [0.4, 0.5) is 0 Å². The van der Waals surface area contributed by atoms with E-state index in [1.165, 1.54) is 0 Å². The predicted molar refractivity (Wildman–Crippen MR) is 101 cm³/mol. The van der Waals surface area contributed by atoms with Crippen molar-refractivity contribution in [2.45, 2.75) is 13.0 Å². The van der Waals surface area contributed by atoms with Crippen LogP contribution in [0.3, 0.4) is 0 Å². The zero-order valence-corrected chi connectivity index (χ0v) is 15.8. The van der Waals surface area contributed by atoms with Gasteiger partial charge in [-0.1, -0.05) is 18.2 Å². The molecule has 2 rings (SSSR count). The van der Waals surface area contributed by atoms with Gasteiger partial charge < -0.3 is 19.5 Å². The lowest BCUT2D eigenvalue weighted by atomic mass is 10.1. The van der Waals surface area contributed by atoms with Crippen molar-refractivity contribution in [1.82, 2.24) is 5.32 Å². The Morgan fingerprint density at radius 3 is 2.26 bits per heavy atom. The van der Waals surface area contributed by atoms with Crippen molar-refractivity contribution in [1.29, 1.82) is 0 Å². The first-order chi connectivity index (χ1) is 11.2. The second kappa shape index (κ2) is 8.98. The molecule has 0 fully saturated rings. The summed E-state index contributed by atoms with van der Waals surface area (Å²) in [5.74, 6) is 2.69. The molecule has 2 aromatic carbocycles. The molecule has 0 atom stereocenters. The van der Waals surface area contributed by atoms with Gasteiger partial charge in [0.1, 0.15) is 17.2 Å². The molecule has 0 saturated carbocycles. The average molecular weight is 426 g/mol. The summed E-state index contributed by atoms with van der Waals surface area (Å²) in [6.07, 6.45) is 0.867. The molecule has 23 heavy (non-hydrogen) atoms. The third-order valence-electron chi connectivity index (χ3n) is 3.63. The number of hydrogen-bond donors (Lipinski definition) is 1. The summed E-state index contributed by atoms with van der Waals surface area (Å²) < 4.78 is 17.3. The van der Waals surface area contributed by atoms with Crippen LogP contribution in [0.5, 0.6) is 17.2 Å². The van der Waals surface area contributed by atoms with Gasteiger partial charge in [-0.05, 0) is 59.3 Å². The smallest absolute Gasteiger partial charge is 0.132 e. The first-order valence-corrected chi connectivity index (χ1v) is 8.50. The molecule has 1 N–H and O–H groups in total. The third-order valence-corrected chi connectivity index (χ3v) is 4.48. The highest BCUT2D eigenvalue weighted by atomic mass is 127. The highest BCUT2D eigenvalue weighted by molar-refractivity contribution is 14.1. The van der Waals surface area contributed by atoms with Crippen molar-refractivity contribution >= 4 is 22.6 Å². The molecule has 0 aliphatic carbocycles. The van der Waals surface area contributed by atoms with Crippen molar-refractivity contribution in [2.24, 2.45) is 0 Å². The van der Waals surface area contributed by atoms with E-state index in [0.29, 0.717) is 0 Å². The molecule has 0 saturated heterocycles. The summed E-state index contributed by atoms with van der Waals surface area (Å²) >= 11 is 2.25. The molecule has 0 aliphatic rings. The lowest BCUT2D eigenvalue weighted by molar-refractivity contribution is 0.395. The topological polar surface area (TPSA) is 39.7 Å². The summed E-state index contributed by atoms with van der Waals surface area (Å²) in [6, 6.07) is 12.1. The molecular formula is C18H22INO3. The number of para-hydroxylation sites is 1. The molecule has 0 unspecified atom stereocenters. The van der Waals surface area contributed by atoms with Crippen LogP contribution in [0.15, 0.2) is 36.4 Å². The van der Waals surface area contributed by atoms with Crippen LogP contribution in [-0.2, 0) is 13.0 Å². The van der Waals surface area contributed by atoms with E-state index >= 15 is 0 Å². The second-order valence-corrected chi connectivity index (χ2v) is 6.20. The standard InChI is InChI=1S/C18H22INO3/c1-21-16-7-5-4-6-14(16)12-20-9-8-13-10-18(23-3)15(19)11-17(13)22-2/h4-7,10-11,20H,8-9,12H2,1-3H3/i1-1. The lowest BCUT2D eigenvalue weighted by Gasteiger charge is -2.13. The summed E-state index contributed by atoms with van der Waals surface area (Å²) in [6.45, 7) is 1.62. The van der Waals surface area contributed by atoms with Crippen LogP contribution in [-0.4, -0.2) is 27.9 Å². The van der Waals surface area contributed by atoms with Gasteiger partial charge in [0.05, 0.1) is 24.9 Å². The Bertz CT molecular complexity index is 646. The number of nitrogens with one attached hydrogen (secondary N) is 1. The highest BCUT2D eigenvalue weighted by Gasteiger charge is 2.09. The quantitative estimate of drug-likeness (QED) is 0.517. The van der Waals surface area contributed by atoms with E-state index in [9.17, 15) is 0 Å². The van der Waals surface area contributed by atoms with Crippen molar-refractivity contribution < 1.29 is 14.2 Å². The minimum atomic E-state index is 0.772. The van der Waals surface area contributed by atoms with Gasteiger partial charge in [-0.15, -0.1) is 0 Å². The van der Waals surface area contributed by atoms with Gasteiger partial charge in [0.15, 0.2) is 0 Å².